The molecule has 21 heavy (non-hydrogen) atoms. The number of halogens is 2. The lowest BCUT2D eigenvalue weighted by molar-refractivity contribution is 0.386. The van der Waals surface area contributed by atoms with Crippen molar-refractivity contribution in [3.63, 3.8) is 0 Å². The molecule has 106 valence electrons. The molecule has 1 aromatic heterocycles. The second kappa shape index (κ2) is 5.61. The highest BCUT2D eigenvalue weighted by molar-refractivity contribution is 7.13. The van der Waals surface area contributed by atoms with E-state index in [0.29, 0.717) is 11.3 Å². The number of rotatable bonds is 3. The van der Waals surface area contributed by atoms with Gasteiger partial charge < -0.3 is 4.74 Å². The van der Waals surface area contributed by atoms with Crippen molar-refractivity contribution in [2.24, 2.45) is 0 Å². The van der Waals surface area contributed by atoms with Crippen molar-refractivity contribution in [2.75, 3.05) is 7.11 Å². The molecule has 0 aliphatic carbocycles. The van der Waals surface area contributed by atoms with Crippen LogP contribution in [0, 0.1) is 11.6 Å². The molecule has 0 fully saturated rings. The zero-order valence-electron chi connectivity index (χ0n) is 11.1. The molecule has 3 aromatic rings. The first kappa shape index (κ1) is 13.7. The van der Waals surface area contributed by atoms with Gasteiger partial charge in [0.1, 0.15) is 10.8 Å². The molecular weight excluding hydrogens is 292 g/mol. The van der Waals surface area contributed by atoms with Crippen LogP contribution in [-0.4, -0.2) is 12.1 Å². The quantitative estimate of drug-likeness (QED) is 0.695. The van der Waals surface area contributed by atoms with Gasteiger partial charge in [-0.2, -0.15) is 0 Å². The monoisotopic (exact) mass is 303 g/mol. The standard InChI is InChI=1S/C16H11F2NOS/c1-20-15-7-4-11(8-13(15)18)14-9-21-16(19-14)10-2-5-12(17)6-3-10/h2-9H,1H3. The molecule has 0 amide bonds. The summed E-state index contributed by atoms with van der Waals surface area (Å²) in [7, 11) is 1.42. The fourth-order valence-corrected chi connectivity index (χ4v) is 2.79. The van der Waals surface area contributed by atoms with Crippen LogP contribution in [0.15, 0.2) is 47.8 Å². The van der Waals surface area contributed by atoms with E-state index in [0.717, 1.165) is 10.6 Å². The molecule has 3 rings (SSSR count). The Labute approximate surface area is 124 Å². The van der Waals surface area contributed by atoms with Gasteiger partial charge in [0.05, 0.1) is 12.8 Å². The van der Waals surface area contributed by atoms with Crippen molar-refractivity contribution in [1.82, 2.24) is 4.98 Å². The van der Waals surface area contributed by atoms with E-state index in [1.807, 2.05) is 5.38 Å². The number of thiazole rings is 1. The highest BCUT2D eigenvalue weighted by Crippen LogP contribution is 2.30. The van der Waals surface area contributed by atoms with Crippen LogP contribution in [0.5, 0.6) is 5.75 Å². The van der Waals surface area contributed by atoms with Crippen molar-refractivity contribution in [3.05, 3.63) is 59.5 Å². The van der Waals surface area contributed by atoms with Crippen molar-refractivity contribution in [2.45, 2.75) is 0 Å². The van der Waals surface area contributed by atoms with Gasteiger partial charge in [0.15, 0.2) is 11.6 Å². The smallest absolute Gasteiger partial charge is 0.165 e. The molecule has 1 heterocycles. The number of ether oxygens (including phenoxy) is 1. The lowest BCUT2D eigenvalue weighted by atomic mass is 10.1. The van der Waals surface area contributed by atoms with Gasteiger partial charge in [-0.25, -0.2) is 13.8 Å². The topological polar surface area (TPSA) is 22.1 Å². The maximum atomic E-state index is 13.7. The van der Waals surface area contributed by atoms with E-state index in [1.165, 1.54) is 36.6 Å². The summed E-state index contributed by atoms with van der Waals surface area (Å²) < 4.78 is 31.5. The molecule has 2 nitrogen and oxygen atoms in total. The summed E-state index contributed by atoms with van der Waals surface area (Å²) in [4.78, 5) is 4.47. The number of nitrogens with zero attached hydrogens (tertiary/aromatic N) is 1. The third-order valence-corrected chi connectivity index (χ3v) is 3.93. The van der Waals surface area contributed by atoms with Gasteiger partial charge in [0, 0.05) is 16.5 Å². The first-order valence-corrected chi connectivity index (χ1v) is 7.11. The molecule has 0 spiro atoms. The molecule has 0 saturated carbocycles. The minimum atomic E-state index is -0.425. The number of aromatic nitrogens is 1. The minimum absolute atomic E-state index is 0.202. The molecule has 0 bridgehead atoms. The van der Waals surface area contributed by atoms with Crippen LogP contribution in [0.1, 0.15) is 0 Å². The lowest BCUT2D eigenvalue weighted by Crippen LogP contribution is -1.88. The highest BCUT2D eigenvalue weighted by atomic mass is 32.1. The summed E-state index contributed by atoms with van der Waals surface area (Å²) in [5.41, 5.74) is 2.19. The summed E-state index contributed by atoms with van der Waals surface area (Å²) >= 11 is 1.43. The Hall–Kier alpha value is -2.27. The third-order valence-electron chi connectivity index (χ3n) is 3.04. The van der Waals surface area contributed by atoms with E-state index < -0.39 is 5.82 Å². The Morgan fingerprint density at radius 1 is 1.00 bits per heavy atom. The molecule has 0 saturated heterocycles. The van der Waals surface area contributed by atoms with Gasteiger partial charge >= 0.3 is 0 Å². The second-order valence-electron chi connectivity index (χ2n) is 4.39. The number of hydrogen-bond donors (Lipinski definition) is 0. The van der Waals surface area contributed by atoms with E-state index >= 15 is 0 Å². The lowest BCUT2D eigenvalue weighted by Gasteiger charge is -2.03. The molecule has 2 aromatic carbocycles. The van der Waals surface area contributed by atoms with Gasteiger partial charge in [0.25, 0.3) is 0 Å². The van der Waals surface area contributed by atoms with Crippen molar-refractivity contribution >= 4 is 11.3 Å². The van der Waals surface area contributed by atoms with Crippen LogP contribution in [0.4, 0.5) is 8.78 Å². The Kier molecular flexibility index (Phi) is 3.66. The minimum Gasteiger partial charge on any atom is -0.494 e. The Bertz CT molecular complexity index is 768. The summed E-state index contributed by atoms with van der Waals surface area (Å²) in [6.45, 7) is 0. The molecule has 5 heteroatoms. The fraction of sp³-hybridized carbons (Fsp3) is 0.0625. The van der Waals surface area contributed by atoms with Crippen LogP contribution in [0.2, 0.25) is 0 Å². The predicted octanol–water partition coefficient (Wildman–Crippen LogP) is 4.76. The second-order valence-corrected chi connectivity index (χ2v) is 5.25. The molecule has 0 atom stereocenters. The zero-order chi connectivity index (χ0) is 14.8. The molecule has 0 radical (unpaired) electrons. The normalized spacial score (nSPS) is 10.6. The van der Waals surface area contributed by atoms with E-state index in [9.17, 15) is 8.78 Å². The number of hydrogen-bond acceptors (Lipinski definition) is 3. The van der Waals surface area contributed by atoms with Crippen LogP contribution in [0.3, 0.4) is 0 Å². The molecule has 0 unspecified atom stereocenters. The van der Waals surface area contributed by atoms with Gasteiger partial charge in [-0.1, -0.05) is 0 Å². The Morgan fingerprint density at radius 2 is 1.71 bits per heavy atom. The first-order chi connectivity index (χ1) is 10.2. The highest BCUT2D eigenvalue weighted by Gasteiger charge is 2.09. The number of benzene rings is 2. The largest absolute Gasteiger partial charge is 0.494 e. The maximum absolute atomic E-state index is 13.7. The summed E-state index contributed by atoms with van der Waals surface area (Å²) in [6.07, 6.45) is 0. The zero-order valence-corrected chi connectivity index (χ0v) is 12.0. The van der Waals surface area contributed by atoms with Crippen molar-refractivity contribution in [1.29, 1.82) is 0 Å². The van der Waals surface area contributed by atoms with E-state index in [-0.39, 0.29) is 11.6 Å². The van der Waals surface area contributed by atoms with Crippen LogP contribution in [-0.2, 0) is 0 Å². The summed E-state index contributed by atoms with van der Waals surface area (Å²) in [5.74, 6) is -0.508. The average Bonchev–Trinajstić information content (AvgIpc) is 2.98. The summed E-state index contributed by atoms with van der Waals surface area (Å²) in [6, 6.07) is 10.8. The third kappa shape index (κ3) is 2.78. The van der Waals surface area contributed by atoms with Crippen molar-refractivity contribution in [3.8, 4) is 27.6 Å². The molecule has 0 N–H and O–H groups in total. The first-order valence-electron chi connectivity index (χ1n) is 6.23. The van der Waals surface area contributed by atoms with Gasteiger partial charge in [-0.15, -0.1) is 11.3 Å². The van der Waals surface area contributed by atoms with Gasteiger partial charge in [-0.05, 0) is 42.5 Å². The fourth-order valence-electron chi connectivity index (χ4n) is 1.96. The number of methoxy groups -OCH3 is 1. The maximum Gasteiger partial charge on any atom is 0.165 e. The molecule has 0 aliphatic rings. The van der Waals surface area contributed by atoms with Crippen LogP contribution < -0.4 is 4.74 Å². The van der Waals surface area contributed by atoms with Crippen molar-refractivity contribution < 1.29 is 13.5 Å². The van der Waals surface area contributed by atoms with Crippen LogP contribution in [0.25, 0.3) is 21.8 Å². The Morgan fingerprint density at radius 3 is 2.38 bits per heavy atom. The summed E-state index contributed by atoms with van der Waals surface area (Å²) in [5, 5.41) is 2.61. The molecular formula is C16H11F2NOS. The predicted molar refractivity (Wildman–Crippen MR) is 79.5 cm³/mol. The van der Waals surface area contributed by atoms with E-state index in [1.54, 1.807) is 24.3 Å². The Balaban J connectivity index is 1.94. The average molecular weight is 303 g/mol. The van der Waals surface area contributed by atoms with Gasteiger partial charge in [-0.3, -0.25) is 0 Å². The molecule has 0 aliphatic heterocycles. The van der Waals surface area contributed by atoms with E-state index in [4.69, 9.17) is 4.74 Å². The van der Waals surface area contributed by atoms with Gasteiger partial charge in [0.2, 0.25) is 0 Å². The van der Waals surface area contributed by atoms with Crippen LogP contribution >= 0.6 is 11.3 Å². The van der Waals surface area contributed by atoms with E-state index in [2.05, 4.69) is 4.98 Å². The SMILES string of the molecule is COc1ccc(-c2csc(-c3ccc(F)cc3)n2)cc1F.